The predicted molar refractivity (Wildman–Crippen MR) is 117 cm³/mol. The standard InChI is InChI=1S/C24H23N3O6/c1-3-33-16-7-5-15(6-8-16)20(29)25-13-14-4-9-17-18(12-14)22(31)27(21(17)30)24(2)11-10-19(28)26-23(24)32/h4-9,12H,3,10-11,13H2,1-2H3,(H,25,29)(H,26,28,32)/t24-/m0/s1. The molecule has 0 aliphatic carbocycles. The van der Waals surface area contributed by atoms with Gasteiger partial charge < -0.3 is 10.1 Å². The molecule has 1 fully saturated rings. The molecule has 2 aliphatic rings. The minimum absolute atomic E-state index is 0.0402. The van der Waals surface area contributed by atoms with Gasteiger partial charge in [-0.25, -0.2) is 0 Å². The second-order valence-electron chi connectivity index (χ2n) is 8.12. The van der Waals surface area contributed by atoms with Gasteiger partial charge in [0.1, 0.15) is 11.3 Å². The molecule has 1 atom stereocenters. The molecular weight excluding hydrogens is 426 g/mol. The Morgan fingerprint density at radius 1 is 1.06 bits per heavy atom. The van der Waals surface area contributed by atoms with Gasteiger partial charge in [-0.05, 0) is 62.2 Å². The number of hydrogen-bond donors (Lipinski definition) is 2. The monoisotopic (exact) mass is 449 g/mol. The molecule has 5 amide bonds. The Morgan fingerprint density at radius 3 is 2.42 bits per heavy atom. The van der Waals surface area contributed by atoms with Gasteiger partial charge in [0.05, 0.1) is 17.7 Å². The summed E-state index contributed by atoms with van der Waals surface area (Å²) in [7, 11) is 0. The van der Waals surface area contributed by atoms with E-state index >= 15 is 0 Å². The highest BCUT2D eigenvalue weighted by Crippen LogP contribution is 2.34. The maximum absolute atomic E-state index is 13.1. The van der Waals surface area contributed by atoms with E-state index in [2.05, 4.69) is 10.6 Å². The second-order valence-corrected chi connectivity index (χ2v) is 8.12. The van der Waals surface area contributed by atoms with E-state index < -0.39 is 29.2 Å². The molecule has 4 rings (SSSR count). The number of ether oxygens (including phenoxy) is 1. The van der Waals surface area contributed by atoms with E-state index in [-0.39, 0.29) is 36.4 Å². The Hall–Kier alpha value is -4.01. The van der Waals surface area contributed by atoms with Gasteiger partial charge in [0.15, 0.2) is 0 Å². The van der Waals surface area contributed by atoms with E-state index in [1.165, 1.54) is 13.0 Å². The Bertz CT molecular complexity index is 1170. The molecule has 9 nitrogen and oxygen atoms in total. The van der Waals surface area contributed by atoms with Crippen LogP contribution in [-0.2, 0) is 16.1 Å². The van der Waals surface area contributed by atoms with E-state index in [0.717, 1.165) is 4.90 Å². The van der Waals surface area contributed by atoms with E-state index in [9.17, 15) is 24.0 Å². The van der Waals surface area contributed by atoms with Gasteiger partial charge in [0, 0.05) is 18.5 Å². The third-order valence-electron chi connectivity index (χ3n) is 5.91. The first-order valence-electron chi connectivity index (χ1n) is 10.6. The van der Waals surface area contributed by atoms with Crippen molar-refractivity contribution >= 4 is 29.5 Å². The molecular formula is C24H23N3O6. The summed E-state index contributed by atoms with van der Waals surface area (Å²) in [5.41, 5.74) is 0.00176. The van der Waals surface area contributed by atoms with Crippen molar-refractivity contribution in [3.63, 3.8) is 0 Å². The van der Waals surface area contributed by atoms with E-state index in [4.69, 9.17) is 4.74 Å². The number of nitrogens with one attached hydrogen (secondary N) is 2. The lowest BCUT2D eigenvalue weighted by molar-refractivity contribution is -0.140. The first-order valence-corrected chi connectivity index (χ1v) is 10.6. The fourth-order valence-electron chi connectivity index (χ4n) is 4.01. The zero-order valence-electron chi connectivity index (χ0n) is 18.3. The molecule has 0 bridgehead atoms. The average Bonchev–Trinajstić information content (AvgIpc) is 3.05. The quantitative estimate of drug-likeness (QED) is 0.649. The van der Waals surface area contributed by atoms with Crippen LogP contribution in [0.2, 0.25) is 0 Å². The van der Waals surface area contributed by atoms with Gasteiger partial charge in [0.25, 0.3) is 23.6 Å². The van der Waals surface area contributed by atoms with Gasteiger partial charge in [-0.3, -0.25) is 34.2 Å². The predicted octanol–water partition coefficient (Wildman–Crippen LogP) is 1.81. The van der Waals surface area contributed by atoms with Crippen LogP contribution in [0, 0.1) is 0 Å². The molecule has 9 heteroatoms. The number of carbonyl (C=O) groups excluding carboxylic acids is 5. The molecule has 2 heterocycles. The number of carbonyl (C=O) groups is 5. The molecule has 0 aromatic heterocycles. The van der Waals surface area contributed by atoms with Crippen molar-refractivity contribution in [1.82, 2.24) is 15.5 Å². The van der Waals surface area contributed by atoms with Crippen LogP contribution in [-0.4, -0.2) is 46.6 Å². The Labute approximate surface area is 190 Å². The van der Waals surface area contributed by atoms with Gasteiger partial charge in [-0.2, -0.15) is 0 Å². The van der Waals surface area contributed by atoms with Crippen molar-refractivity contribution in [2.75, 3.05) is 6.61 Å². The highest BCUT2D eigenvalue weighted by molar-refractivity contribution is 6.24. The molecule has 170 valence electrons. The summed E-state index contributed by atoms with van der Waals surface area (Å²) in [5, 5.41) is 4.99. The number of amides is 5. The van der Waals surface area contributed by atoms with Crippen LogP contribution in [0.25, 0.3) is 0 Å². The summed E-state index contributed by atoms with van der Waals surface area (Å²) in [5.74, 6) is -1.90. The summed E-state index contributed by atoms with van der Waals surface area (Å²) in [4.78, 5) is 63.4. The van der Waals surface area contributed by atoms with Gasteiger partial charge in [-0.1, -0.05) is 6.07 Å². The molecule has 0 spiro atoms. The Morgan fingerprint density at radius 2 is 1.76 bits per heavy atom. The third kappa shape index (κ3) is 3.97. The van der Waals surface area contributed by atoms with Crippen LogP contribution < -0.4 is 15.4 Å². The minimum Gasteiger partial charge on any atom is -0.494 e. The fourth-order valence-corrected chi connectivity index (χ4v) is 4.01. The minimum atomic E-state index is -1.44. The lowest BCUT2D eigenvalue weighted by Crippen LogP contribution is -2.62. The lowest BCUT2D eigenvalue weighted by atomic mass is 9.89. The largest absolute Gasteiger partial charge is 0.494 e. The van der Waals surface area contributed by atoms with E-state index in [0.29, 0.717) is 23.5 Å². The molecule has 2 N–H and O–H groups in total. The molecule has 2 aliphatic heterocycles. The van der Waals surface area contributed by atoms with Crippen LogP contribution in [0.5, 0.6) is 5.75 Å². The van der Waals surface area contributed by atoms with Gasteiger partial charge in [-0.15, -0.1) is 0 Å². The zero-order valence-corrected chi connectivity index (χ0v) is 18.3. The first-order chi connectivity index (χ1) is 15.7. The molecule has 33 heavy (non-hydrogen) atoms. The summed E-state index contributed by atoms with van der Waals surface area (Å²) < 4.78 is 5.37. The molecule has 2 aromatic carbocycles. The summed E-state index contributed by atoms with van der Waals surface area (Å²) in [6, 6.07) is 11.4. The van der Waals surface area contributed by atoms with Crippen LogP contribution in [0.3, 0.4) is 0 Å². The van der Waals surface area contributed by atoms with Crippen LogP contribution >= 0.6 is 0 Å². The SMILES string of the molecule is CCOc1ccc(C(=O)NCc2ccc3c(c2)C(=O)N([C@@]2(C)CCC(=O)NC2=O)C3=O)cc1. The van der Waals surface area contributed by atoms with Gasteiger partial charge >= 0.3 is 0 Å². The Kier molecular flexibility index (Phi) is 5.71. The number of hydrogen-bond acceptors (Lipinski definition) is 6. The van der Waals surface area contributed by atoms with Crippen LogP contribution in [0.1, 0.15) is 63.3 Å². The molecule has 2 aromatic rings. The number of rotatable bonds is 6. The number of fused-ring (bicyclic) bond motifs is 1. The maximum atomic E-state index is 13.1. The summed E-state index contributed by atoms with van der Waals surface area (Å²) in [6.45, 7) is 4.03. The first kappa shape index (κ1) is 22.2. The second kappa shape index (κ2) is 8.50. The molecule has 1 saturated heterocycles. The van der Waals surface area contributed by atoms with Crippen molar-refractivity contribution in [1.29, 1.82) is 0 Å². The maximum Gasteiger partial charge on any atom is 0.262 e. The fraction of sp³-hybridized carbons (Fsp3) is 0.292. The summed E-state index contributed by atoms with van der Waals surface area (Å²) in [6.07, 6.45) is 0.104. The van der Waals surface area contributed by atoms with Crippen LogP contribution in [0.4, 0.5) is 0 Å². The molecule has 0 unspecified atom stereocenters. The van der Waals surface area contributed by atoms with Crippen molar-refractivity contribution in [3.8, 4) is 5.75 Å². The lowest BCUT2D eigenvalue weighted by Gasteiger charge is -2.38. The van der Waals surface area contributed by atoms with Crippen molar-refractivity contribution in [3.05, 3.63) is 64.7 Å². The van der Waals surface area contributed by atoms with Crippen molar-refractivity contribution in [2.45, 2.75) is 38.8 Å². The average molecular weight is 449 g/mol. The summed E-state index contributed by atoms with van der Waals surface area (Å²) >= 11 is 0. The third-order valence-corrected chi connectivity index (χ3v) is 5.91. The topological polar surface area (TPSA) is 122 Å². The number of nitrogens with zero attached hydrogens (tertiary/aromatic N) is 1. The van der Waals surface area contributed by atoms with E-state index in [1.807, 2.05) is 6.92 Å². The zero-order chi connectivity index (χ0) is 23.8. The van der Waals surface area contributed by atoms with Crippen LogP contribution in [0.15, 0.2) is 42.5 Å². The highest BCUT2D eigenvalue weighted by Gasteiger charge is 2.52. The highest BCUT2D eigenvalue weighted by atomic mass is 16.5. The normalized spacial score (nSPS) is 19.9. The Balaban J connectivity index is 1.48. The number of benzene rings is 2. The van der Waals surface area contributed by atoms with Gasteiger partial charge in [0.2, 0.25) is 5.91 Å². The molecule has 0 radical (unpaired) electrons. The molecule has 0 saturated carbocycles. The van der Waals surface area contributed by atoms with E-state index in [1.54, 1.807) is 36.4 Å². The number of imide groups is 2. The van der Waals surface area contributed by atoms with Crippen molar-refractivity contribution < 1.29 is 28.7 Å². The number of piperidine rings is 1. The smallest absolute Gasteiger partial charge is 0.262 e. The van der Waals surface area contributed by atoms with Crippen molar-refractivity contribution in [2.24, 2.45) is 0 Å².